The molecule has 0 aliphatic heterocycles. The molecule has 3 rings (SSSR count). The number of anilines is 1. The third-order valence-electron chi connectivity index (χ3n) is 5.24. The van der Waals surface area contributed by atoms with Crippen LogP contribution in [0.4, 0.5) is 10.5 Å². The molecule has 1 heterocycles. The summed E-state index contributed by atoms with van der Waals surface area (Å²) in [6.45, 7) is 5.47. The van der Waals surface area contributed by atoms with Gasteiger partial charge in [0.1, 0.15) is 6.54 Å². The molecule has 33 heavy (non-hydrogen) atoms. The van der Waals surface area contributed by atoms with Crippen molar-refractivity contribution in [3.8, 4) is 6.07 Å². The monoisotopic (exact) mass is 460 g/mol. The van der Waals surface area contributed by atoms with Gasteiger partial charge in [0.2, 0.25) is 5.91 Å². The lowest BCUT2D eigenvalue weighted by Gasteiger charge is -2.28. The van der Waals surface area contributed by atoms with Crippen LogP contribution in [-0.2, 0) is 17.9 Å². The fraction of sp³-hybridized carbons (Fsp3) is 0.269. The molecule has 1 N–H and O–H groups in total. The highest BCUT2D eigenvalue weighted by Crippen LogP contribution is 2.20. The first-order chi connectivity index (χ1) is 16.0. The molecule has 0 radical (unpaired) electrons. The topological polar surface area (TPSA) is 76.4 Å². The summed E-state index contributed by atoms with van der Waals surface area (Å²) in [5.74, 6) is -0.102. The fourth-order valence-electron chi connectivity index (χ4n) is 3.39. The van der Waals surface area contributed by atoms with Crippen LogP contribution < -0.4 is 5.32 Å². The summed E-state index contributed by atoms with van der Waals surface area (Å²) >= 11 is 1.64. The predicted molar refractivity (Wildman–Crippen MR) is 132 cm³/mol. The van der Waals surface area contributed by atoms with Gasteiger partial charge in [-0.25, -0.2) is 4.79 Å². The van der Waals surface area contributed by atoms with E-state index in [0.29, 0.717) is 30.9 Å². The van der Waals surface area contributed by atoms with Gasteiger partial charge in [-0.05, 0) is 60.2 Å². The van der Waals surface area contributed by atoms with E-state index < -0.39 is 0 Å². The standard InChI is InChI=1S/C26H28N4O2S/c1-3-14-29(26(32)28-23-11-9-21(16-27)10-12-23)19-25(31)30(17-22-7-5-4-6-8-22)18-24-20(2)13-15-33-24/h4-13,15H,3,14,17-19H2,1-2H3,(H,28,32). The number of nitriles is 1. The van der Waals surface area contributed by atoms with Gasteiger partial charge in [-0.1, -0.05) is 37.3 Å². The maximum absolute atomic E-state index is 13.4. The number of rotatable bonds is 9. The second kappa shape index (κ2) is 11.8. The Kier molecular flexibility index (Phi) is 8.62. The number of carbonyl (C=O) groups is 2. The number of nitrogens with one attached hydrogen (secondary N) is 1. The number of hydrogen-bond donors (Lipinski definition) is 1. The molecule has 0 unspecified atom stereocenters. The molecule has 0 aliphatic carbocycles. The number of nitrogens with zero attached hydrogens (tertiary/aromatic N) is 3. The summed E-state index contributed by atoms with van der Waals surface area (Å²) in [6, 6.07) is 20.3. The smallest absolute Gasteiger partial charge is 0.322 e. The van der Waals surface area contributed by atoms with E-state index in [0.717, 1.165) is 22.4 Å². The van der Waals surface area contributed by atoms with Crippen molar-refractivity contribution in [3.05, 3.63) is 87.6 Å². The Bertz CT molecular complexity index is 1100. The SMILES string of the molecule is CCCN(CC(=O)N(Cc1ccccc1)Cc1sccc1C)C(=O)Nc1ccc(C#N)cc1. The minimum atomic E-state index is -0.332. The molecule has 0 bridgehead atoms. The maximum Gasteiger partial charge on any atom is 0.322 e. The van der Waals surface area contributed by atoms with E-state index in [1.165, 1.54) is 0 Å². The minimum Gasteiger partial charge on any atom is -0.332 e. The molecule has 0 fully saturated rings. The van der Waals surface area contributed by atoms with Gasteiger partial charge in [0, 0.05) is 23.7 Å². The molecule has 0 saturated heterocycles. The Morgan fingerprint density at radius 2 is 1.73 bits per heavy atom. The normalized spacial score (nSPS) is 10.3. The number of thiophene rings is 1. The van der Waals surface area contributed by atoms with Crippen molar-refractivity contribution in [1.29, 1.82) is 5.26 Å². The molecule has 6 nitrogen and oxygen atoms in total. The lowest BCUT2D eigenvalue weighted by molar-refractivity contribution is -0.133. The number of hydrogen-bond acceptors (Lipinski definition) is 4. The second-order valence-corrected chi connectivity index (χ2v) is 8.80. The molecule has 3 amide bonds. The average molecular weight is 461 g/mol. The third-order valence-corrected chi connectivity index (χ3v) is 6.25. The second-order valence-electron chi connectivity index (χ2n) is 7.80. The molecular weight excluding hydrogens is 432 g/mol. The van der Waals surface area contributed by atoms with Gasteiger partial charge in [0.05, 0.1) is 18.2 Å². The summed E-state index contributed by atoms with van der Waals surface area (Å²) in [5, 5.41) is 13.8. The summed E-state index contributed by atoms with van der Waals surface area (Å²) in [5.41, 5.74) is 3.32. The van der Waals surface area contributed by atoms with Crippen molar-refractivity contribution in [3.63, 3.8) is 0 Å². The Hall–Kier alpha value is -3.63. The summed E-state index contributed by atoms with van der Waals surface area (Å²) in [4.78, 5) is 30.8. The van der Waals surface area contributed by atoms with Crippen LogP contribution in [0.2, 0.25) is 0 Å². The van der Waals surface area contributed by atoms with Crippen molar-refractivity contribution < 1.29 is 9.59 Å². The predicted octanol–water partition coefficient (Wildman–Crippen LogP) is 5.40. The van der Waals surface area contributed by atoms with Crippen LogP contribution in [0.25, 0.3) is 0 Å². The van der Waals surface area contributed by atoms with Gasteiger partial charge < -0.3 is 15.1 Å². The fourth-order valence-corrected chi connectivity index (χ4v) is 4.31. The minimum absolute atomic E-state index is 0.00674. The van der Waals surface area contributed by atoms with E-state index in [1.54, 1.807) is 40.5 Å². The van der Waals surface area contributed by atoms with Crippen LogP contribution in [-0.4, -0.2) is 34.8 Å². The van der Waals surface area contributed by atoms with E-state index in [-0.39, 0.29) is 18.5 Å². The Labute approximate surface area is 199 Å². The zero-order chi connectivity index (χ0) is 23.6. The van der Waals surface area contributed by atoms with Gasteiger partial charge in [0.15, 0.2) is 0 Å². The van der Waals surface area contributed by atoms with E-state index in [1.807, 2.05) is 54.5 Å². The molecule has 0 saturated carbocycles. The van der Waals surface area contributed by atoms with Crippen molar-refractivity contribution in [2.24, 2.45) is 0 Å². The molecule has 0 spiro atoms. The zero-order valence-corrected chi connectivity index (χ0v) is 19.8. The summed E-state index contributed by atoms with van der Waals surface area (Å²) in [7, 11) is 0. The maximum atomic E-state index is 13.4. The number of amides is 3. The number of aryl methyl sites for hydroxylation is 1. The van der Waals surface area contributed by atoms with E-state index in [2.05, 4.69) is 17.5 Å². The van der Waals surface area contributed by atoms with Gasteiger partial charge in [-0.3, -0.25) is 4.79 Å². The highest BCUT2D eigenvalue weighted by Gasteiger charge is 2.22. The van der Waals surface area contributed by atoms with Gasteiger partial charge >= 0.3 is 6.03 Å². The van der Waals surface area contributed by atoms with E-state index in [4.69, 9.17) is 5.26 Å². The van der Waals surface area contributed by atoms with Crippen LogP contribution in [0.1, 0.15) is 34.9 Å². The van der Waals surface area contributed by atoms with Gasteiger partial charge in [-0.2, -0.15) is 5.26 Å². The molecule has 1 aromatic heterocycles. The lowest BCUT2D eigenvalue weighted by atomic mass is 10.2. The Morgan fingerprint density at radius 1 is 1.00 bits per heavy atom. The van der Waals surface area contributed by atoms with Crippen LogP contribution in [0.15, 0.2) is 66.0 Å². The molecule has 170 valence electrons. The van der Waals surface area contributed by atoms with E-state index in [9.17, 15) is 9.59 Å². The molecule has 0 aliphatic rings. The first-order valence-electron chi connectivity index (χ1n) is 10.9. The molecular formula is C26H28N4O2S. The summed E-state index contributed by atoms with van der Waals surface area (Å²) in [6.07, 6.45) is 0.733. The van der Waals surface area contributed by atoms with Crippen LogP contribution in [0.3, 0.4) is 0 Å². The third kappa shape index (κ3) is 6.93. The van der Waals surface area contributed by atoms with Crippen molar-refractivity contribution in [1.82, 2.24) is 9.80 Å². The Balaban J connectivity index is 1.73. The molecule has 3 aromatic rings. The highest BCUT2D eigenvalue weighted by atomic mass is 32.1. The lowest BCUT2D eigenvalue weighted by Crippen LogP contribution is -2.44. The van der Waals surface area contributed by atoms with Crippen LogP contribution in [0.5, 0.6) is 0 Å². The first-order valence-corrected chi connectivity index (χ1v) is 11.8. The number of benzene rings is 2. The number of carbonyl (C=O) groups excluding carboxylic acids is 2. The molecule has 7 heteroatoms. The summed E-state index contributed by atoms with van der Waals surface area (Å²) < 4.78 is 0. The number of urea groups is 1. The highest BCUT2D eigenvalue weighted by molar-refractivity contribution is 7.10. The quantitative estimate of drug-likeness (QED) is 0.464. The zero-order valence-electron chi connectivity index (χ0n) is 19.0. The van der Waals surface area contributed by atoms with Crippen LogP contribution >= 0.6 is 11.3 Å². The largest absolute Gasteiger partial charge is 0.332 e. The first kappa shape index (κ1) is 24.0. The van der Waals surface area contributed by atoms with Gasteiger partial charge in [0.25, 0.3) is 0 Å². The average Bonchev–Trinajstić information content (AvgIpc) is 3.23. The van der Waals surface area contributed by atoms with Crippen molar-refractivity contribution in [2.45, 2.75) is 33.4 Å². The molecule has 0 atom stereocenters. The van der Waals surface area contributed by atoms with Crippen LogP contribution in [0, 0.1) is 18.3 Å². The van der Waals surface area contributed by atoms with Crippen molar-refractivity contribution >= 4 is 29.0 Å². The molecule has 2 aromatic carbocycles. The van der Waals surface area contributed by atoms with Gasteiger partial charge in [-0.15, -0.1) is 11.3 Å². The van der Waals surface area contributed by atoms with Crippen molar-refractivity contribution in [2.75, 3.05) is 18.4 Å². The van der Waals surface area contributed by atoms with E-state index >= 15 is 0 Å². The Morgan fingerprint density at radius 3 is 2.33 bits per heavy atom.